The van der Waals surface area contributed by atoms with Crippen LogP contribution in [-0.2, 0) is 6.42 Å². The molecule has 2 rings (SSSR count). The van der Waals surface area contributed by atoms with E-state index in [0.29, 0.717) is 11.5 Å². The third-order valence-corrected chi connectivity index (χ3v) is 2.83. The van der Waals surface area contributed by atoms with Gasteiger partial charge in [0.15, 0.2) is 11.0 Å². The molecular formula is C15H15ClO2. The Hall–Kier alpha value is -1.54. The van der Waals surface area contributed by atoms with Gasteiger partial charge in [0, 0.05) is 5.56 Å². The smallest absolute Gasteiger partial charge is 0.228 e. The largest absolute Gasteiger partial charge is 0.441 e. The first-order valence-corrected chi connectivity index (χ1v) is 6.33. The number of ketones is 1. The van der Waals surface area contributed by atoms with Crippen molar-refractivity contribution in [2.45, 2.75) is 20.3 Å². The molecule has 0 N–H and O–H groups in total. The summed E-state index contributed by atoms with van der Waals surface area (Å²) >= 11 is 5.67. The van der Waals surface area contributed by atoms with Crippen molar-refractivity contribution in [3.8, 4) is 0 Å². The molecule has 0 aliphatic carbocycles. The van der Waals surface area contributed by atoms with Gasteiger partial charge < -0.3 is 4.42 Å². The second-order valence-corrected chi connectivity index (χ2v) is 5.10. The Morgan fingerprint density at radius 2 is 2.06 bits per heavy atom. The second-order valence-electron chi connectivity index (χ2n) is 4.73. The minimum absolute atomic E-state index is 0.132. The van der Waals surface area contributed by atoms with Gasteiger partial charge in [-0.25, -0.2) is 0 Å². The van der Waals surface area contributed by atoms with Crippen LogP contribution in [0.1, 0.15) is 35.5 Å². The summed E-state index contributed by atoms with van der Waals surface area (Å²) in [6.45, 7) is 4.31. The van der Waals surface area contributed by atoms with Gasteiger partial charge in [-0.15, -0.1) is 0 Å². The van der Waals surface area contributed by atoms with Crippen LogP contribution in [0.15, 0.2) is 40.8 Å². The highest BCUT2D eigenvalue weighted by Crippen LogP contribution is 2.18. The Morgan fingerprint density at radius 1 is 1.28 bits per heavy atom. The van der Waals surface area contributed by atoms with Gasteiger partial charge in [0.05, 0.1) is 0 Å². The number of carbonyl (C=O) groups excluding carboxylic acids is 1. The number of rotatable bonds is 4. The number of furan rings is 1. The maximum absolute atomic E-state index is 12.1. The monoisotopic (exact) mass is 262 g/mol. The fourth-order valence-electron chi connectivity index (χ4n) is 1.89. The lowest BCUT2D eigenvalue weighted by atomic mass is 9.99. The molecule has 1 aromatic heterocycles. The topological polar surface area (TPSA) is 30.2 Å². The van der Waals surface area contributed by atoms with Gasteiger partial charge >= 0.3 is 0 Å². The van der Waals surface area contributed by atoms with Crippen molar-refractivity contribution in [1.82, 2.24) is 0 Å². The molecule has 94 valence electrons. The molecule has 0 fully saturated rings. The van der Waals surface area contributed by atoms with Gasteiger partial charge in [0.1, 0.15) is 0 Å². The molecule has 0 atom stereocenters. The van der Waals surface area contributed by atoms with Gasteiger partial charge in [-0.3, -0.25) is 4.79 Å². The van der Waals surface area contributed by atoms with Gasteiger partial charge in [-0.1, -0.05) is 32.0 Å². The van der Waals surface area contributed by atoms with Crippen molar-refractivity contribution in [2.75, 3.05) is 0 Å². The van der Waals surface area contributed by atoms with Crippen LogP contribution in [0.3, 0.4) is 0 Å². The zero-order valence-corrected chi connectivity index (χ0v) is 11.2. The highest BCUT2D eigenvalue weighted by molar-refractivity contribution is 6.29. The highest BCUT2D eigenvalue weighted by atomic mass is 35.5. The van der Waals surface area contributed by atoms with E-state index in [0.717, 1.165) is 12.0 Å². The molecule has 0 aliphatic heterocycles. The fourth-order valence-corrected chi connectivity index (χ4v) is 2.04. The molecule has 0 aliphatic rings. The van der Waals surface area contributed by atoms with E-state index in [4.69, 9.17) is 16.0 Å². The molecule has 0 saturated carbocycles. The Balaban J connectivity index is 2.25. The molecule has 18 heavy (non-hydrogen) atoms. The minimum atomic E-state index is -0.132. The standard InChI is InChI=1S/C15H15ClO2/c1-10(2)8-11-4-3-5-12(9-11)15(17)13-6-7-14(16)18-13/h3-7,9-10H,8H2,1-2H3. The first-order chi connectivity index (χ1) is 8.56. The summed E-state index contributed by atoms with van der Waals surface area (Å²) in [5.74, 6) is 0.711. The maximum atomic E-state index is 12.1. The normalized spacial score (nSPS) is 10.9. The summed E-state index contributed by atoms with van der Waals surface area (Å²) < 4.78 is 5.14. The van der Waals surface area contributed by atoms with E-state index >= 15 is 0 Å². The lowest BCUT2D eigenvalue weighted by molar-refractivity contribution is 0.101. The zero-order chi connectivity index (χ0) is 13.1. The van der Waals surface area contributed by atoms with Crippen LogP contribution in [-0.4, -0.2) is 5.78 Å². The van der Waals surface area contributed by atoms with Crippen molar-refractivity contribution < 1.29 is 9.21 Å². The Morgan fingerprint density at radius 3 is 2.67 bits per heavy atom. The molecule has 3 heteroatoms. The molecule has 2 aromatic rings. The van der Waals surface area contributed by atoms with Crippen LogP contribution in [0.2, 0.25) is 5.22 Å². The number of hydrogen-bond acceptors (Lipinski definition) is 2. The molecule has 2 nitrogen and oxygen atoms in total. The SMILES string of the molecule is CC(C)Cc1cccc(C(=O)c2ccc(Cl)o2)c1. The lowest BCUT2D eigenvalue weighted by Crippen LogP contribution is -2.01. The minimum Gasteiger partial charge on any atom is -0.441 e. The summed E-state index contributed by atoms with van der Waals surface area (Å²) in [6, 6.07) is 10.8. The third-order valence-electron chi connectivity index (χ3n) is 2.63. The van der Waals surface area contributed by atoms with Gasteiger partial charge in [0.2, 0.25) is 5.78 Å². The summed E-state index contributed by atoms with van der Waals surface area (Å²) in [7, 11) is 0. The van der Waals surface area contributed by atoms with Crippen LogP contribution in [0.4, 0.5) is 0 Å². The van der Waals surface area contributed by atoms with Gasteiger partial charge in [-0.2, -0.15) is 0 Å². The molecule has 1 aromatic carbocycles. The first-order valence-electron chi connectivity index (χ1n) is 5.95. The fraction of sp³-hybridized carbons (Fsp3) is 0.267. The predicted octanol–water partition coefficient (Wildman–Crippen LogP) is 4.36. The third kappa shape index (κ3) is 3.02. The maximum Gasteiger partial charge on any atom is 0.228 e. The van der Waals surface area contributed by atoms with Crippen LogP contribution in [0, 0.1) is 5.92 Å². The van der Waals surface area contributed by atoms with Crippen LogP contribution >= 0.6 is 11.6 Å². The van der Waals surface area contributed by atoms with E-state index < -0.39 is 0 Å². The van der Waals surface area contributed by atoms with Crippen LogP contribution in [0.25, 0.3) is 0 Å². The molecule has 0 spiro atoms. The summed E-state index contributed by atoms with van der Waals surface area (Å²) in [4.78, 5) is 12.1. The van der Waals surface area contributed by atoms with Gasteiger partial charge in [-0.05, 0) is 47.7 Å². The van der Waals surface area contributed by atoms with Crippen LogP contribution < -0.4 is 0 Å². The molecule has 1 heterocycles. The number of benzene rings is 1. The number of carbonyl (C=O) groups is 1. The van der Waals surface area contributed by atoms with Crippen molar-refractivity contribution in [3.63, 3.8) is 0 Å². The Kier molecular flexibility index (Phi) is 3.87. The molecule has 0 amide bonds. The zero-order valence-electron chi connectivity index (χ0n) is 10.4. The van der Waals surface area contributed by atoms with E-state index in [1.54, 1.807) is 18.2 Å². The molecule has 0 unspecified atom stereocenters. The Bertz CT molecular complexity index is 555. The van der Waals surface area contributed by atoms with Crippen molar-refractivity contribution in [1.29, 1.82) is 0 Å². The van der Waals surface area contributed by atoms with E-state index in [1.165, 1.54) is 0 Å². The van der Waals surface area contributed by atoms with Crippen molar-refractivity contribution in [2.24, 2.45) is 5.92 Å². The van der Waals surface area contributed by atoms with E-state index in [1.807, 2.05) is 18.2 Å². The quantitative estimate of drug-likeness (QED) is 0.766. The van der Waals surface area contributed by atoms with Crippen LogP contribution in [0.5, 0.6) is 0 Å². The summed E-state index contributed by atoms with van der Waals surface area (Å²) in [5, 5.41) is 0.233. The van der Waals surface area contributed by atoms with E-state index in [-0.39, 0.29) is 16.8 Å². The van der Waals surface area contributed by atoms with Gasteiger partial charge in [0.25, 0.3) is 0 Å². The molecule has 0 saturated heterocycles. The lowest BCUT2D eigenvalue weighted by Gasteiger charge is -2.06. The highest BCUT2D eigenvalue weighted by Gasteiger charge is 2.13. The number of halogens is 1. The van der Waals surface area contributed by atoms with Crippen molar-refractivity contribution in [3.05, 3.63) is 58.5 Å². The van der Waals surface area contributed by atoms with E-state index in [9.17, 15) is 4.79 Å². The van der Waals surface area contributed by atoms with Crippen molar-refractivity contribution >= 4 is 17.4 Å². The predicted molar refractivity (Wildman–Crippen MR) is 72.1 cm³/mol. The second kappa shape index (κ2) is 5.40. The summed E-state index contributed by atoms with van der Waals surface area (Å²) in [5.41, 5.74) is 1.80. The average Bonchev–Trinajstić information content (AvgIpc) is 2.74. The Labute approximate surface area is 112 Å². The molecule has 0 radical (unpaired) electrons. The van der Waals surface area contributed by atoms with E-state index in [2.05, 4.69) is 13.8 Å². The summed E-state index contributed by atoms with van der Waals surface area (Å²) in [6.07, 6.45) is 0.958. The molecule has 0 bridgehead atoms. The number of hydrogen-bond donors (Lipinski definition) is 0. The molecular weight excluding hydrogens is 248 g/mol. The average molecular weight is 263 g/mol. The first kappa shape index (κ1) is 12.9.